The van der Waals surface area contributed by atoms with E-state index in [9.17, 15) is 9.18 Å². The van der Waals surface area contributed by atoms with Crippen molar-refractivity contribution in [2.24, 2.45) is 0 Å². The number of hydrogen-bond donors (Lipinski definition) is 1. The Balaban J connectivity index is 1.85. The van der Waals surface area contributed by atoms with Crippen LogP contribution >= 0.6 is 11.8 Å². The van der Waals surface area contributed by atoms with Gasteiger partial charge in [-0.25, -0.2) is 4.39 Å². The molecule has 0 aliphatic rings. The van der Waals surface area contributed by atoms with Crippen molar-refractivity contribution in [3.63, 3.8) is 0 Å². The van der Waals surface area contributed by atoms with Crippen LogP contribution in [0.2, 0.25) is 0 Å². The van der Waals surface area contributed by atoms with E-state index in [1.54, 1.807) is 46.5 Å². The Bertz CT molecular complexity index is 1090. The molecule has 8 nitrogen and oxygen atoms in total. The fourth-order valence-corrected chi connectivity index (χ4v) is 4.02. The van der Waals surface area contributed by atoms with Crippen LogP contribution in [-0.2, 0) is 16.1 Å². The van der Waals surface area contributed by atoms with Crippen LogP contribution in [0.25, 0.3) is 11.4 Å². The van der Waals surface area contributed by atoms with Gasteiger partial charge in [0.1, 0.15) is 5.82 Å². The predicted octanol–water partition coefficient (Wildman–Crippen LogP) is 4.26. The third-order valence-corrected chi connectivity index (χ3v) is 5.95. The van der Waals surface area contributed by atoms with Gasteiger partial charge in [-0.05, 0) is 43.7 Å². The zero-order chi connectivity index (χ0) is 23.8. The number of rotatable bonds is 11. The summed E-state index contributed by atoms with van der Waals surface area (Å²) in [5.41, 5.74) is 0.940. The number of nitrogens with zero attached hydrogens (tertiary/aromatic N) is 3. The van der Waals surface area contributed by atoms with Gasteiger partial charge in [-0.15, -0.1) is 10.2 Å². The minimum absolute atomic E-state index is 0.141. The third-order valence-electron chi connectivity index (χ3n) is 4.87. The summed E-state index contributed by atoms with van der Waals surface area (Å²) in [6, 6.07) is 11.6. The predicted molar refractivity (Wildman–Crippen MR) is 125 cm³/mol. The molecule has 0 aliphatic carbocycles. The fraction of sp³-hybridized carbons (Fsp3) is 0.348. The number of benzene rings is 2. The van der Waals surface area contributed by atoms with E-state index in [1.165, 1.54) is 23.9 Å². The summed E-state index contributed by atoms with van der Waals surface area (Å²) in [6.45, 7) is 2.90. The second-order valence-electron chi connectivity index (χ2n) is 7.10. The van der Waals surface area contributed by atoms with Crippen LogP contribution in [0.5, 0.6) is 11.5 Å². The Morgan fingerprint density at radius 1 is 1.12 bits per heavy atom. The number of para-hydroxylation sites is 1. The molecule has 1 aromatic heterocycles. The number of ether oxygens (including phenoxy) is 3. The summed E-state index contributed by atoms with van der Waals surface area (Å²) < 4.78 is 31.8. The van der Waals surface area contributed by atoms with E-state index in [2.05, 4.69) is 15.5 Å². The van der Waals surface area contributed by atoms with Crippen LogP contribution in [0.4, 0.5) is 10.1 Å². The lowest BCUT2D eigenvalue weighted by molar-refractivity contribution is -0.115. The molecule has 0 bridgehead atoms. The van der Waals surface area contributed by atoms with Crippen LogP contribution < -0.4 is 14.8 Å². The number of carbonyl (C=O) groups excluding carboxylic acids is 1. The summed E-state index contributed by atoms with van der Waals surface area (Å²) in [6.07, 6.45) is 0.734. The summed E-state index contributed by atoms with van der Waals surface area (Å²) in [4.78, 5) is 12.7. The number of methoxy groups -OCH3 is 3. The van der Waals surface area contributed by atoms with Crippen molar-refractivity contribution in [1.29, 1.82) is 0 Å². The van der Waals surface area contributed by atoms with E-state index in [4.69, 9.17) is 14.2 Å². The van der Waals surface area contributed by atoms with Gasteiger partial charge >= 0.3 is 0 Å². The Morgan fingerprint density at radius 3 is 2.58 bits per heavy atom. The van der Waals surface area contributed by atoms with Crippen molar-refractivity contribution in [2.75, 3.05) is 33.3 Å². The van der Waals surface area contributed by atoms with Crippen molar-refractivity contribution in [2.45, 2.75) is 30.3 Å². The Morgan fingerprint density at radius 2 is 1.88 bits per heavy atom. The molecule has 1 N–H and O–H groups in total. The second kappa shape index (κ2) is 11.7. The number of hydrogen-bond acceptors (Lipinski definition) is 7. The van der Waals surface area contributed by atoms with Gasteiger partial charge in [0.15, 0.2) is 22.5 Å². The lowest BCUT2D eigenvalue weighted by atomic mass is 10.2. The van der Waals surface area contributed by atoms with Gasteiger partial charge in [0.25, 0.3) is 0 Å². The quantitative estimate of drug-likeness (QED) is 0.328. The Kier molecular flexibility index (Phi) is 8.67. The Hall–Kier alpha value is -3.11. The van der Waals surface area contributed by atoms with E-state index in [0.29, 0.717) is 35.6 Å². The maximum Gasteiger partial charge on any atom is 0.237 e. The molecule has 33 heavy (non-hydrogen) atoms. The summed E-state index contributed by atoms with van der Waals surface area (Å²) in [5, 5.41) is 11.4. The first kappa shape index (κ1) is 24.5. The van der Waals surface area contributed by atoms with E-state index in [-0.39, 0.29) is 11.6 Å². The number of carbonyl (C=O) groups is 1. The number of thioether (sulfide) groups is 1. The van der Waals surface area contributed by atoms with Gasteiger partial charge in [0, 0.05) is 25.8 Å². The average molecular weight is 475 g/mol. The van der Waals surface area contributed by atoms with E-state index in [0.717, 1.165) is 12.0 Å². The molecule has 1 heterocycles. The zero-order valence-corrected chi connectivity index (χ0v) is 19.8. The molecular formula is C23H27FN4O4S. The molecule has 1 atom stereocenters. The molecule has 2 aromatic carbocycles. The third kappa shape index (κ3) is 6.02. The van der Waals surface area contributed by atoms with E-state index >= 15 is 0 Å². The number of anilines is 1. The lowest BCUT2D eigenvalue weighted by Crippen LogP contribution is -2.23. The summed E-state index contributed by atoms with van der Waals surface area (Å²) in [7, 11) is 4.79. The van der Waals surface area contributed by atoms with Gasteiger partial charge in [0.05, 0.1) is 25.2 Å². The van der Waals surface area contributed by atoms with Crippen molar-refractivity contribution >= 4 is 23.4 Å². The lowest BCUT2D eigenvalue weighted by Gasteiger charge is -2.15. The van der Waals surface area contributed by atoms with Gasteiger partial charge in [-0.1, -0.05) is 23.9 Å². The molecule has 176 valence electrons. The standard InChI is InChI=1S/C23H27FN4O4S/c1-15(22(29)25-18-9-6-5-8-17(18)24)33-23-27-26-21(28(23)12-7-13-30-2)16-10-11-19(31-3)20(14-16)32-4/h5-6,8-11,14-15H,7,12-13H2,1-4H3,(H,25,29). The minimum atomic E-state index is -0.534. The van der Waals surface area contributed by atoms with Gasteiger partial charge in [-0.3, -0.25) is 4.79 Å². The molecule has 0 radical (unpaired) electrons. The SMILES string of the molecule is COCCCn1c(SC(C)C(=O)Nc2ccccc2F)nnc1-c1ccc(OC)c(OC)c1. The first-order valence-electron chi connectivity index (χ1n) is 10.3. The number of halogens is 1. The normalized spacial score (nSPS) is 11.8. The smallest absolute Gasteiger partial charge is 0.237 e. The van der Waals surface area contributed by atoms with Crippen LogP contribution in [0.15, 0.2) is 47.6 Å². The maximum atomic E-state index is 13.9. The van der Waals surface area contributed by atoms with Crippen LogP contribution in [0, 0.1) is 5.82 Å². The highest BCUT2D eigenvalue weighted by Gasteiger charge is 2.22. The van der Waals surface area contributed by atoms with E-state index in [1.807, 2.05) is 16.7 Å². The monoisotopic (exact) mass is 474 g/mol. The highest BCUT2D eigenvalue weighted by atomic mass is 32.2. The molecule has 0 saturated heterocycles. The molecule has 10 heteroatoms. The second-order valence-corrected chi connectivity index (χ2v) is 8.41. The highest BCUT2D eigenvalue weighted by Crippen LogP contribution is 2.33. The molecule has 0 aliphatic heterocycles. The first-order valence-corrected chi connectivity index (χ1v) is 11.2. The largest absolute Gasteiger partial charge is 0.493 e. The maximum absolute atomic E-state index is 13.9. The molecular weight excluding hydrogens is 447 g/mol. The average Bonchev–Trinajstić information content (AvgIpc) is 3.22. The summed E-state index contributed by atoms with van der Waals surface area (Å²) >= 11 is 1.25. The van der Waals surface area contributed by atoms with E-state index < -0.39 is 11.1 Å². The molecule has 0 saturated carbocycles. The van der Waals surface area contributed by atoms with Crippen molar-refractivity contribution in [3.05, 3.63) is 48.3 Å². The van der Waals surface area contributed by atoms with Crippen molar-refractivity contribution in [1.82, 2.24) is 14.8 Å². The highest BCUT2D eigenvalue weighted by molar-refractivity contribution is 8.00. The van der Waals surface area contributed by atoms with Crippen LogP contribution in [0.1, 0.15) is 13.3 Å². The number of amides is 1. The molecule has 3 rings (SSSR count). The Labute approximate surface area is 196 Å². The number of nitrogens with one attached hydrogen (secondary N) is 1. The van der Waals surface area contributed by atoms with Gasteiger partial charge in [0.2, 0.25) is 5.91 Å². The van der Waals surface area contributed by atoms with Crippen molar-refractivity contribution in [3.8, 4) is 22.9 Å². The summed E-state index contributed by atoms with van der Waals surface area (Å²) in [5.74, 6) is 1.01. The van der Waals surface area contributed by atoms with Crippen molar-refractivity contribution < 1.29 is 23.4 Å². The molecule has 1 unspecified atom stereocenters. The van der Waals surface area contributed by atoms with Gasteiger partial charge < -0.3 is 24.1 Å². The molecule has 0 fully saturated rings. The molecule has 3 aromatic rings. The van der Waals surface area contributed by atoms with Crippen LogP contribution in [0.3, 0.4) is 0 Å². The molecule has 1 amide bonds. The topological polar surface area (TPSA) is 87.5 Å². The zero-order valence-electron chi connectivity index (χ0n) is 19.0. The first-order chi connectivity index (χ1) is 16.0. The van der Waals surface area contributed by atoms with Crippen LogP contribution in [-0.4, -0.2) is 53.9 Å². The number of aromatic nitrogens is 3. The minimum Gasteiger partial charge on any atom is -0.493 e. The van der Waals surface area contributed by atoms with Gasteiger partial charge in [-0.2, -0.15) is 0 Å². The molecule has 0 spiro atoms. The fourth-order valence-electron chi connectivity index (χ4n) is 3.14.